The van der Waals surface area contributed by atoms with Crippen LogP contribution in [-0.4, -0.2) is 5.11 Å². The molecule has 0 aliphatic heterocycles. The van der Waals surface area contributed by atoms with Crippen molar-refractivity contribution in [1.29, 1.82) is 0 Å². The van der Waals surface area contributed by atoms with E-state index in [0.717, 1.165) is 16.7 Å². The van der Waals surface area contributed by atoms with E-state index < -0.39 is 0 Å². The number of hydrogen-bond acceptors (Lipinski definition) is 2. The number of rotatable bonds is 1. The van der Waals surface area contributed by atoms with Crippen molar-refractivity contribution in [2.24, 2.45) is 5.73 Å². The van der Waals surface area contributed by atoms with Gasteiger partial charge in [-0.1, -0.05) is 6.07 Å². The molecule has 0 amide bonds. The minimum atomic E-state index is 0.330. The summed E-state index contributed by atoms with van der Waals surface area (Å²) in [5.74, 6) is 0.330. The van der Waals surface area contributed by atoms with E-state index in [4.69, 9.17) is 5.73 Å². The third-order valence-corrected chi connectivity index (χ3v) is 2.01. The molecule has 0 aliphatic carbocycles. The van der Waals surface area contributed by atoms with Crippen molar-refractivity contribution in [2.45, 2.75) is 20.4 Å². The maximum absolute atomic E-state index is 9.30. The highest BCUT2D eigenvalue weighted by Crippen LogP contribution is 2.22. The van der Waals surface area contributed by atoms with Crippen LogP contribution in [0.1, 0.15) is 16.7 Å². The number of nitrogens with two attached hydrogens (primary N) is 1. The first-order valence-electron chi connectivity index (χ1n) is 3.65. The molecule has 0 aliphatic rings. The highest BCUT2D eigenvalue weighted by atomic mass is 16.3. The fraction of sp³-hybridized carbons (Fsp3) is 0.333. The average molecular weight is 151 g/mol. The molecular formula is C9H13NO. The van der Waals surface area contributed by atoms with Gasteiger partial charge in [0.2, 0.25) is 0 Å². The Bertz CT molecular complexity index is 269. The molecule has 0 saturated carbocycles. The largest absolute Gasteiger partial charge is 0.508 e. The third kappa shape index (κ3) is 1.35. The maximum Gasteiger partial charge on any atom is 0.118 e. The second-order valence-electron chi connectivity index (χ2n) is 2.71. The average Bonchev–Trinajstić information content (AvgIpc) is 1.99. The quantitative estimate of drug-likeness (QED) is 0.638. The first-order valence-corrected chi connectivity index (χ1v) is 3.65. The molecule has 60 valence electrons. The zero-order valence-corrected chi connectivity index (χ0v) is 6.89. The lowest BCUT2D eigenvalue weighted by Crippen LogP contribution is -2.01. The summed E-state index contributed by atoms with van der Waals surface area (Å²) in [7, 11) is 0. The zero-order valence-electron chi connectivity index (χ0n) is 6.89. The van der Waals surface area contributed by atoms with Crippen LogP contribution in [0.5, 0.6) is 5.75 Å². The first-order chi connectivity index (χ1) is 5.16. The van der Waals surface area contributed by atoms with Gasteiger partial charge in [0.1, 0.15) is 5.75 Å². The molecule has 1 aromatic carbocycles. The SMILES string of the molecule is Cc1ccc(O)c(C)c1CN. The summed E-state index contributed by atoms with van der Waals surface area (Å²) in [5, 5.41) is 9.30. The Morgan fingerprint density at radius 3 is 2.45 bits per heavy atom. The predicted molar refractivity (Wildman–Crippen MR) is 45.5 cm³/mol. The van der Waals surface area contributed by atoms with E-state index in [1.165, 1.54) is 0 Å². The second-order valence-corrected chi connectivity index (χ2v) is 2.71. The number of phenols is 1. The molecule has 0 bridgehead atoms. The predicted octanol–water partition coefficient (Wildman–Crippen LogP) is 1.47. The van der Waals surface area contributed by atoms with Crippen molar-refractivity contribution in [2.75, 3.05) is 0 Å². The Morgan fingerprint density at radius 1 is 1.36 bits per heavy atom. The highest BCUT2D eigenvalue weighted by Gasteiger charge is 2.03. The molecule has 3 N–H and O–H groups in total. The lowest BCUT2D eigenvalue weighted by molar-refractivity contribution is 0.470. The highest BCUT2D eigenvalue weighted by molar-refractivity contribution is 5.42. The molecule has 1 aromatic rings. The van der Waals surface area contributed by atoms with Gasteiger partial charge >= 0.3 is 0 Å². The van der Waals surface area contributed by atoms with Crippen molar-refractivity contribution in [1.82, 2.24) is 0 Å². The zero-order chi connectivity index (χ0) is 8.43. The van der Waals surface area contributed by atoms with Crippen LogP contribution in [0.15, 0.2) is 12.1 Å². The van der Waals surface area contributed by atoms with E-state index in [9.17, 15) is 5.11 Å². The first kappa shape index (κ1) is 8.08. The number of aryl methyl sites for hydroxylation is 1. The third-order valence-electron chi connectivity index (χ3n) is 2.01. The summed E-state index contributed by atoms with van der Waals surface area (Å²) in [6, 6.07) is 3.58. The molecule has 0 fully saturated rings. The topological polar surface area (TPSA) is 46.2 Å². The van der Waals surface area contributed by atoms with Crippen molar-refractivity contribution in [3.05, 3.63) is 28.8 Å². The van der Waals surface area contributed by atoms with Crippen molar-refractivity contribution < 1.29 is 5.11 Å². The Hall–Kier alpha value is -1.02. The molecule has 0 atom stereocenters. The molecule has 0 unspecified atom stereocenters. The second kappa shape index (κ2) is 2.93. The molecule has 2 nitrogen and oxygen atoms in total. The van der Waals surface area contributed by atoms with Gasteiger partial charge in [-0.15, -0.1) is 0 Å². The van der Waals surface area contributed by atoms with E-state index in [0.29, 0.717) is 12.3 Å². The lowest BCUT2D eigenvalue weighted by Gasteiger charge is -2.07. The van der Waals surface area contributed by atoms with Crippen LogP contribution in [0.4, 0.5) is 0 Å². The number of phenolic OH excluding ortho intramolecular Hbond substituents is 1. The van der Waals surface area contributed by atoms with Crippen LogP contribution < -0.4 is 5.73 Å². The summed E-state index contributed by atoms with van der Waals surface area (Å²) in [4.78, 5) is 0. The van der Waals surface area contributed by atoms with Gasteiger partial charge in [0, 0.05) is 6.54 Å². The van der Waals surface area contributed by atoms with Gasteiger partial charge in [0.05, 0.1) is 0 Å². The minimum Gasteiger partial charge on any atom is -0.508 e. The Labute approximate surface area is 66.7 Å². The van der Waals surface area contributed by atoms with Crippen molar-refractivity contribution >= 4 is 0 Å². The van der Waals surface area contributed by atoms with Gasteiger partial charge in [-0.05, 0) is 36.6 Å². The van der Waals surface area contributed by atoms with Crippen LogP contribution in [0.2, 0.25) is 0 Å². The van der Waals surface area contributed by atoms with Gasteiger partial charge in [-0.25, -0.2) is 0 Å². The molecule has 0 aromatic heterocycles. The lowest BCUT2D eigenvalue weighted by atomic mass is 10.0. The molecular weight excluding hydrogens is 138 g/mol. The van der Waals surface area contributed by atoms with E-state index in [2.05, 4.69) is 0 Å². The molecule has 0 saturated heterocycles. The van der Waals surface area contributed by atoms with Crippen LogP contribution in [0, 0.1) is 13.8 Å². The number of aromatic hydroxyl groups is 1. The van der Waals surface area contributed by atoms with Gasteiger partial charge in [-0.3, -0.25) is 0 Å². The summed E-state index contributed by atoms with van der Waals surface area (Å²) in [6.45, 7) is 4.37. The van der Waals surface area contributed by atoms with Crippen molar-refractivity contribution in [3.63, 3.8) is 0 Å². The van der Waals surface area contributed by atoms with Crippen LogP contribution in [-0.2, 0) is 6.54 Å². The normalized spacial score (nSPS) is 10.1. The van der Waals surface area contributed by atoms with E-state index in [1.54, 1.807) is 6.07 Å². The summed E-state index contributed by atoms with van der Waals surface area (Å²) in [5.41, 5.74) is 8.59. The van der Waals surface area contributed by atoms with Crippen LogP contribution in [0.3, 0.4) is 0 Å². The summed E-state index contributed by atoms with van der Waals surface area (Å²) >= 11 is 0. The standard InChI is InChI=1S/C9H13NO/c1-6-3-4-9(11)7(2)8(6)5-10/h3-4,11H,5,10H2,1-2H3. The smallest absolute Gasteiger partial charge is 0.118 e. The molecule has 2 heteroatoms. The molecule has 0 heterocycles. The van der Waals surface area contributed by atoms with Crippen LogP contribution >= 0.6 is 0 Å². The fourth-order valence-corrected chi connectivity index (χ4v) is 1.19. The molecule has 1 rings (SSSR count). The van der Waals surface area contributed by atoms with Crippen LogP contribution in [0.25, 0.3) is 0 Å². The fourth-order valence-electron chi connectivity index (χ4n) is 1.19. The Balaban J connectivity index is 3.29. The number of benzene rings is 1. The molecule has 0 spiro atoms. The van der Waals surface area contributed by atoms with Gasteiger partial charge in [0.25, 0.3) is 0 Å². The van der Waals surface area contributed by atoms with E-state index in [1.807, 2.05) is 19.9 Å². The van der Waals surface area contributed by atoms with Gasteiger partial charge in [-0.2, -0.15) is 0 Å². The van der Waals surface area contributed by atoms with Crippen molar-refractivity contribution in [3.8, 4) is 5.75 Å². The molecule has 11 heavy (non-hydrogen) atoms. The minimum absolute atomic E-state index is 0.330. The Morgan fingerprint density at radius 2 is 2.00 bits per heavy atom. The van der Waals surface area contributed by atoms with Gasteiger partial charge < -0.3 is 10.8 Å². The van der Waals surface area contributed by atoms with Gasteiger partial charge in [0.15, 0.2) is 0 Å². The monoisotopic (exact) mass is 151 g/mol. The van der Waals surface area contributed by atoms with E-state index >= 15 is 0 Å². The summed E-state index contributed by atoms with van der Waals surface area (Å²) in [6.07, 6.45) is 0. The Kier molecular flexibility index (Phi) is 2.15. The maximum atomic E-state index is 9.30. The van der Waals surface area contributed by atoms with E-state index in [-0.39, 0.29) is 0 Å². The molecule has 0 radical (unpaired) electrons. The summed E-state index contributed by atoms with van der Waals surface area (Å²) < 4.78 is 0. The number of hydrogen-bond donors (Lipinski definition) is 2.